The van der Waals surface area contributed by atoms with Gasteiger partial charge in [0, 0.05) is 16.5 Å². The molecular weight excluding hydrogens is 208 g/mol. The molecule has 0 saturated heterocycles. The molecule has 1 heterocycles. The molecule has 3 heteroatoms. The molecule has 0 bridgehead atoms. The number of benzene rings is 2. The minimum absolute atomic E-state index is 0. The lowest BCUT2D eigenvalue weighted by Gasteiger charge is -2.01. The van der Waals surface area contributed by atoms with Crippen LogP contribution in [0.25, 0.3) is 21.8 Å². The van der Waals surface area contributed by atoms with E-state index in [-0.39, 0.29) is 23.1 Å². The van der Waals surface area contributed by atoms with Crippen LogP contribution in [-0.2, 0) is 0 Å². The number of nitrogen functional groups attached to an aromatic ring is 1. The van der Waals surface area contributed by atoms with E-state index in [1.165, 1.54) is 0 Å². The average molecular weight is 221 g/mol. The van der Waals surface area contributed by atoms with Gasteiger partial charge in [-0.05, 0) is 30.3 Å². The fourth-order valence-corrected chi connectivity index (χ4v) is 1.80. The summed E-state index contributed by atoms with van der Waals surface area (Å²) in [4.78, 5) is 4.56. The fourth-order valence-electron chi connectivity index (χ4n) is 1.80. The van der Waals surface area contributed by atoms with Crippen molar-refractivity contribution in [2.75, 3.05) is 5.73 Å². The van der Waals surface area contributed by atoms with Crippen molar-refractivity contribution in [2.24, 2.45) is 0 Å². The SMILES string of the molecule is Nc1ccc2nc3ccccc3cc2c1.[MgH2]. The number of hydrogen-bond donors (Lipinski definition) is 1. The molecule has 1 aromatic heterocycles. The second kappa shape index (κ2) is 4.27. The van der Waals surface area contributed by atoms with E-state index in [9.17, 15) is 0 Å². The summed E-state index contributed by atoms with van der Waals surface area (Å²) in [5, 5.41) is 2.24. The molecule has 3 aromatic rings. The third-order valence-electron chi connectivity index (χ3n) is 2.54. The van der Waals surface area contributed by atoms with E-state index in [2.05, 4.69) is 17.1 Å². The van der Waals surface area contributed by atoms with Gasteiger partial charge in [-0.25, -0.2) is 4.98 Å². The molecule has 0 spiro atoms. The Morgan fingerprint density at radius 2 is 1.56 bits per heavy atom. The van der Waals surface area contributed by atoms with Crippen molar-refractivity contribution in [3.05, 3.63) is 48.5 Å². The molecule has 16 heavy (non-hydrogen) atoms. The van der Waals surface area contributed by atoms with Gasteiger partial charge >= 0.3 is 23.1 Å². The van der Waals surface area contributed by atoms with Gasteiger partial charge in [-0.3, -0.25) is 0 Å². The minimum atomic E-state index is 0. The molecule has 76 valence electrons. The maximum absolute atomic E-state index is 5.74. The van der Waals surface area contributed by atoms with Crippen LogP contribution in [0.15, 0.2) is 48.5 Å². The van der Waals surface area contributed by atoms with Crippen molar-refractivity contribution in [3.63, 3.8) is 0 Å². The summed E-state index contributed by atoms with van der Waals surface area (Å²) in [7, 11) is 0. The first-order chi connectivity index (χ1) is 7.33. The number of nitrogens with zero attached hydrogens (tertiary/aromatic N) is 1. The average Bonchev–Trinajstić information content (AvgIpc) is 2.26. The van der Waals surface area contributed by atoms with E-state index in [1.807, 2.05) is 36.4 Å². The van der Waals surface area contributed by atoms with Gasteiger partial charge in [0.2, 0.25) is 0 Å². The smallest absolute Gasteiger partial charge is 0.316 e. The lowest BCUT2D eigenvalue weighted by Crippen LogP contribution is -1.86. The molecule has 0 saturated carbocycles. The molecule has 0 amide bonds. The molecule has 2 nitrogen and oxygen atoms in total. The molecule has 3 rings (SSSR count). The third kappa shape index (κ3) is 1.84. The summed E-state index contributed by atoms with van der Waals surface area (Å²) in [6, 6.07) is 16.0. The molecule has 0 aliphatic carbocycles. The van der Waals surface area contributed by atoms with E-state index in [0.717, 1.165) is 27.5 Å². The number of rotatable bonds is 0. The molecule has 0 fully saturated rings. The van der Waals surface area contributed by atoms with Crippen LogP contribution in [0.4, 0.5) is 5.69 Å². The van der Waals surface area contributed by atoms with Crippen LogP contribution in [0.2, 0.25) is 0 Å². The summed E-state index contributed by atoms with van der Waals surface area (Å²) in [5.74, 6) is 0. The molecular formula is C13H12MgN2. The van der Waals surface area contributed by atoms with E-state index in [1.54, 1.807) is 0 Å². The predicted octanol–water partition coefficient (Wildman–Crippen LogP) is 2.05. The molecule has 0 radical (unpaired) electrons. The maximum atomic E-state index is 5.74. The second-order valence-corrected chi connectivity index (χ2v) is 3.63. The predicted molar refractivity (Wildman–Crippen MR) is 72.2 cm³/mol. The van der Waals surface area contributed by atoms with Gasteiger partial charge in [0.05, 0.1) is 11.0 Å². The zero-order valence-electron chi connectivity index (χ0n) is 8.14. The summed E-state index contributed by atoms with van der Waals surface area (Å²) < 4.78 is 0. The van der Waals surface area contributed by atoms with Gasteiger partial charge in [0.25, 0.3) is 0 Å². The number of fused-ring (bicyclic) bond motifs is 2. The molecule has 2 aromatic carbocycles. The van der Waals surface area contributed by atoms with Crippen LogP contribution >= 0.6 is 0 Å². The van der Waals surface area contributed by atoms with Crippen LogP contribution < -0.4 is 5.73 Å². The topological polar surface area (TPSA) is 38.9 Å². The molecule has 0 atom stereocenters. The fraction of sp³-hybridized carbons (Fsp3) is 0. The highest BCUT2D eigenvalue weighted by molar-refractivity contribution is 5.93. The Hall–Kier alpha value is -1.32. The van der Waals surface area contributed by atoms with E-state index in [4.69, 9.17) is 5.73 Å². The Labute approximate surface area is 110 Å². The number of aromatic nitrogens is 1. The van der Waals surface area contributed by atoms with Crippen molar-refractivity contribution in [3.8, 4) is 0 Å². The summed E-state index contributed by atoms with van der Waals surface area (Å²) in [6.07, 6.45) is 0. The zero-order valence-corrected chi connectivity index (χ0v) is 8.14. The summed E-state index contributed by atoms with van der Waals surface area (Å²) in [6.45, 7) is 0. The zero-order chi connectivity index (χ0) is 10.3. The van der Waals surface area contributed by atoms with Crippen LogP contribution in [0.3, 0.4) is 0 Å². The summed E-state index contributed by atoms with van der Waals surface area (Å²) in [5.41, 5.74) is 8.53. The van der Waals surface area contributed by atoms with Gasteiger partial charge in [0.15, 0.2) is 0 Å². The van der Waals surface area contributed by atoms with Crippen LogP contribution in [0, 0.1) is 0 Å². The normalized spacial score (nSPS) is 10.2. The molecule has 0 aliphatic heterocycles. The largest absolute Gasteiger partial charge is 0.399 e. The number of anilines is 1. The lowest BCUT2D eigenvalue weighted by molar-refractivity contribution is 1.50. The quantitative estimate of drug-likeness (QED) is 0.358. The van der Waals surface area contributed by atoms with Gasteiger partial charge < -0.3 is 5.73 Å². The Morgan fingerprint density at radius 3 is 2.44 bits per heavy atom. The molecule has 0 aliphatic rings. The van der Waals surface area contributed by atoms with Crippen molar-refractivity contribution in [2.45, 2.75) is 0 Å². The maximum Gasteiger partial charge on any atom is 0.316 e. The number of hydrogen-bond acceptors (Lipinski definition) is 2. The van der Waals surface area contributed by atoms with Crippen molar-refractivity contribution in [1.82, 2.24) is 4.98 Å². The van der Waals surface area contributed by atoms with Crippen molar-refractivity contribution >= 4 is 50.5 Å². The second-order valence-electron chi connectivity index (χ2n) is 3.63. The standard InChI is InChI=1S/C13H10N2.Mg.2H/c14-11-5-6-13-10(8-11)7-9-3-1-2-4-12(9)15-13;;;/h1-8H,14H2;;;. The lowest BCUT2D eigenvalue weighted by atomic mass is 10.1. The van der Waals surface area contributed by atoms with Crippen molar-refractivity contribution < 1.29 is 0 Å². The Bertz CT molecular complexity index is 650. The summed E-state index contributed by atoms with van der Waals surface area (Å²) >= 11 is 0. The highest BCUT2D eigenvalue weighted by Gasteiger charge is 1.98. The number of para-hydroxylation sites is 1. The molecule has 2 N–H and O–H groups in total. The first-order valence-electron chi connectivity index (χ1n) is 4.88. The van der Waals surface area contributed by atoms with Crippen LogP contribution in [-0.4, -0.2) is 28.0 Å². The molecule has 0 unspecified atom stereocenters. The first kappa shape index (κ1) is 11.2. The Kier molecular flexibility index (Phi) is 2.98. The van der Waals surface area contributed by atoms with E-state index >= 15 is 0 Å². The Balaban J connectivity index is 0.000000963. The van der Waals surface area contributed by atoms with Gasteiger partial charge in [0.1, 0.15) is 0 Å². The monoisotopic (exact) mass is 220 g/mol. The first-order valence-corrected chi connectivity index (χ1v) is 4.88. The van der Waals surface area contributed by atoms with E-state index in [0.29, 0.717) is 0 Å². The van der Waals surface area contributed by atoms with Crippen LogP contribution in [0.5, 0.6) is 0 Å². The Morgan fingerprint density at radius 1 is 0.812 bits per heavy atom. The van der Waals surface area contributed by atoms with Gasteiger partial charge in [-0.15, -0.1) is 0 Å². The number of pyridine rings is 1. The number of nitrogens with two attached hydrogens (primary N) is 1. The van der Waals surface area contributed by atoms with E-state index < -0.39 is 0 Å². The third-order valence-corrected chi connectivity index (χ3v) is 2.54. The minimum Gasteiger partial charge on any atom is -0.399 e. The van der Waals surface area contributed by atoms with Crippen LogP contribution in [0.1, 0.15) is 0 Å². The van der Waals surface area contributed by atoms with Gasteiger partial charge in [-0.1, -0.05) is 18.2 Å². The van der Waals surface area contributed by atoms with Gasteiger partial charge in [-0.2, -0.15) is 0 Å². The van der Waals surface area contributed by atoms with Crippen molar-refractivity contribution in [1.29, 1.82) is 0 Å². The highest BCUT2D eigenvalue weighted by atomic mass is 24.3. The highest BCUT2D eigenvalue weighted by Crippen LogP contribution is 2.21.